The van der Waals surface area contributed by atoms with E-state index in [1.54, 1.807) is 6.07 Å². The monoisotopic (exact) mass is 286 g/mol. The Morgan fingerprint density at radius 1 is 1.38 bits per heavy atom. The van der Waals surface area contributed by atoms with Gasteiger partial charge < -0.3 is 15.4 Å². The van der Waals surface area contributed by atoms with Gasteiger partial charge in [0.15, 0.2) is 5.69 Å². The van der Waals surface area contributed by atoms with Crippen LogP contribution in [0.5, 0.6) is 5.88 Å². The summed E-state index contributed by atoms with van der Waals surface area (Å²) in [6.07, 6.45) is 1.78. The Balaban J connectivity index is 1.85. The number of para-hydroxylation sites is 1. The van der Waals surface area contributed by atoms with Crippen LogP contribution >= 0.6 is 0 Å². The molecule has 2 aromatic rings. The normalized spacial score (nSPS) is 14.7. The van der Waals surface area contributed by atoms with Crippen LogP contribution in [0, 0.1) is 6.92 Å². The summed E-state index contributed by atoms with van der Waals surface area (Å²) >= 11 is 0. The molecule has 1 fully saturated rings. The number of azo groups is 1. The van der Waals surface area contributed by atoms with Crippen molar-refractivity contribution >= 4 is 28.4 Å². The quantitative estimate of drug-likeness (QED) is 0.581. The third-order valence-electron chi connectivity index (χ3n) is 3.34. The van der Waals surface area contributed by atoms with Gasteiger partial charge in [-0.3, -0.25) is 9.59 Å². The van der Waals surface area contributed by atoms with Crippen LogP contribution in [-0.2, 0) is 9.59 Å². The second-order valence-electron chi connectivity index (χ2n) is 5.07. The molecule has 0 radical (unpaired) electrons. The molecule has 7 nitrogen and oxygen atoms in total. The second-order valence-corrected chi connectivity index (χ2v) is 5.07. The first-order chi connectivity index (χ1) is 10.1. The zero-order valence-corrected chi connectivity index (χ0v) is 11.4. The van der Waals surface area contributed by atoms with Crippen molar-refractivity contribution < 1.29 is 14.7 Å². The van der Waals surface area contributed by atoms with Crippen molar-refractivity contribution in [2.45, 2.75) is 25.8 Å². The number of carbonyl (C=O) groups excluding carboxylic acids is 2. The van der Waals surface area contributed by atoms with Crippen molar-refractivity contribution in [1.82, 2.24) is 10.3 Å². The third-order valence-corrected chi connectivity index (χ3v) is 3.34. The summed E-state index contributed by atoms with van der Waals surface area (Å²) < 4.78 is 0. The van der Waals surface area contributed by atoms with E-state index in [2.05, 4.69) is 20.5 Å². The number of rotatable bonds is 2. The minimum atomic E-state index is -0.969. The number of fused-ring (bicyclic) bond motifs is 1. The number of aryl methyl sites for hydroxylation is 1. The number of aromatic amines is 1. The molecule has 0 atom stereocenters. The lowest BCUT2D eigenvalue weighted by atomic mass is 10.1. The molecular weight excluding hydrogens is 272 g/mol. The van der Waals surface area contributed by atoms with Gasteiger partial charge in [-0.25, -0.2) is 0 Å². The maximum absolute atomic E-state index is 11.6. The fourth-order valence-corrected chi connectivity index (χ4v) is 2.05. The first-order valence-corrected chi connectivity index (χ1v) is 6.63. The van der Waals surface area contributed by atoms with E-state index in [1.807, 2.05) is 19.1 Å². The van der Waals surface area contributed by atoms with Gasteiger partial charge in [0.25, 0.3) is 0 Å². The number of aromatic hydroxyl groups is 1. The molecule has 108 valence electrons. The van der Waals surface area contributed by atoms with E-state index in [0.717, 1.165) is 23.9 Å². The molecule has 7 heteroatoms. The average molecular weight is 286 g/mol. The van der Waals surface area contributed by atoms with Crippen LogP contribution in [0.2, 0.25) is 0 Å². The van der Waals surface area contributed by atoms with E-state index in [9.17, 15) is 14.7 Å². The second kappa shape index (κ2) is 5.01. The highest BCUT2D eigenvalue weighted by Gasteiger charge is 2.26. The lowest BCUT2D eigenvalue weighted by Gasteiger charge is -1.97. The summed E-state index contributed by atoms with van der Waals surface area (Å²) in [6.45, 7) is 1.88. The van der Waals surface area contributed by atoms with Gasteiger partial charge >= 0.3 is 11.8 Å². The lowest BCUT2D eigenvalue weighted by Crippen LogP contribution is -2.31. The molecule has 21 heavy (non-hydrogen) atoms. The Labute approximate surface area is 120 Å². The van der Waals surface area contributed by atoms with E-state index >= 15 is 0 Å². The summed E-state index contributed by atoms with van der Waals surface area (Å²) in [5.41, 5.74) is 1.81. The molecule has 1 aromatic carbocycles. The third kappa shape index (κ3) is 2.62. The number of amides is 2. The molecular formula is C14H14N4O3. The summed E-state index contributed by atoms with van der Waals surface area (Å²) in [7, 11) is 0. The molecule has 0 saturated heterocycles. The van der Waals surface area contributed by atoms with Crippen molar-refractivity contribution in [2.75, 3.05) is 0 Å². The predicted octanol–water partition coefficient (Wildman–Crippen LogP) is 2.07. The minimum absolute atomic E-state index is 0.0841. The molecule has 2 amide bonds. The standard InChI is InChI=1S/C14H14N4O3/c1-7-3-2-4-9-10(7)16-12(19)11(9)17-18-14(21)13(20)15-8-5-6-8/h2-4,8,16,19H,5-6H2,1H3,(H,15,20). The van der Waals surface area contributed by atoms with Crippen molar-refractivity contribution in [3.63, 3.8) is 0 Å². The van der Waals surface area contributed by atoms with E-state index in [4.69, 9.17) is 0 Å². The Bertz CT molecular complexity index is 759. The van der Waals surface area contributed by atoms with Gasteiger partial charge in [-0.1, -0.05) is 18.2 Å². The Morgan fingerprint density at radius 3 is 2.86 bits per heavy atom. The molecule has 0 aliphatic heterocycles. The topological polar surface area (TPSA) is 107 Å². The summed E-state index contributed by atoms with van der Waals surface area (Å²) in [5.74, 6) is -1.92. The van der Waals surface area contributed by atoms with Crippen molar-refractivity contribution in [3.05, 3.63) is 23.8 Å². The van der Waals surface area contributed by atoms with Gasteiger partial charge in [0.1, 0.15) is 0 Å². The number of nitrogens with one attached hydrogen (secondary N) is 2. The summed E-state index contributed by atoms with van der Waals surface area (Å²) in [5, 5.41) is 20.1. The SMILES string of the molecule is Cc1cccc2c(N=NC(=O)C(=O)NC3CC3)c(O)[nH]c12. The Morgan fingerprint density at radius 2 is 2.14 bits per heavy atom. The number of aromatic nitrogens is 1. The van der Waals surface area contributed by atoms with Crippen LogP contribution in [0.1, 0.15) is 18.4 Å². The lowest BCUT2D eigenvalue weighted by molar-refractivity contribution is -0.137. The molecule has 3 rings (SSSR count). The van der Waals surface area contributed by atoms with Gasteiger partial charge in [-0.2, -0.15) is 0 Å². The fourth-order valence-electron chi connectivity index (χ4n) is 2.05. The first-order valence-electron chi connectivity index (χ1n) is 6.63. The van der Waals surface area contributed by atoms with Crippen LogP contribution in [0.3, 0.4) is 0 Å². The van der Waals surface area contributed by atoms with Crippen LogP contribution in [0.4, 0.5) is 5.69 Å². The van der Waals surface area contributed by atoms with E-state index in [-0.39, 0.29) is 17.6 Å². The van der Waals surface area contributed by atoms with Crippen molar-refractivity contribution in [1.29, 1.82) is 0 Å². The van der Waals surface area contributed by atoms with E-state index in [0.29, 0.717) is 5.39 Å². The van der Waals surface area contributed by atoms with Crippen molar-refractivity contribution in [2.24, 2.45) is 10.2 Å². The number of benzene rings is 1. The number of H-pyrrole nitrogens is 1. The zero-order chi connectivity index (χ0) is 15.0. The molecule has 1 aliphatic rings. The van der Waals surface area contributed by atoms with Gasteiger partial charge in [-0.15, -0.1) is 10.2 Å². The first kappa shape index (κ1) is 13.3. The number of nitrogens with zero attached hydrogens (tertiary/aromatic N) is 2. The predicted molar refractivity (Wildman–Crippen MR) is 75.4 cm³/mol. The summed E-state index contributed by atoms with van der Waals surface area (Å²) in [4.78, 5) is 25.8. The zero-order valence-electron chi connectivity index (χ0n) is 11.4. The minimum Gasteiger partial charge on any atom is -0.493 e. The Hall–Kier alpha value is -2.70. The number of hydrogen-bond donors (Lipinski definition) is 3. The molecule has 1 aliphatic carbocycles. The van der Waals surface area contributed by atoms with Crippen LogP contribution < -0.4 is 5.32 Å². The van der Waals surface area contributed by atoms with Gasteiger partial charge in [0.05, 0.1) is 5.52 Å². The average Bonchev–Trinajstić information content (AvgIpc) is 3.19. The smallest absolute Gasteiger partial charge is 0.353 e. The molecule has 0 bridgehead atoms. The van der Waals surface area contributed by atoms with Crippen LogP contribution in [-0.4, -0.2) is 27.9 Å². The molecule has 1 heterocycles. The van der Waals surface area contributed by atoms with Gasteiger partial charge in [-0.05, 0) is 25.3 Å². The van der Waals surface area contributed by atoms with Crippen molar-refractivity contribution in [3.8, 4) is 5.88 Å². The fraction of sp³-hybridized carbons (Fsp3) is 0.286. The molecule has 1 saturated carbocycles. The number of hydrogen-bond acceptors (Lipinski definition) is 4. The highest BCUT2D eigenvalue weighted by molar-refractivity contribution is 6.35. The molecule has 3 N–H and O–H groups in total. The maximum Gasteiger partial charge on any atom is 0.353 e. The molecule has 0 spiro atoms. The summed E-state index contributed by atoms with van der Waals surface area (Å²) in [6, 6.07) is 5.53. The largest absolute Gasteiger partial charge is 0.493 e. The molecule has 0 unspecified atom stereocenters. The van der Waals surface area contributed by atoms with E-state index in [1.165, 1.54) is 0 Å². The maximum atomic E-state index is 11.6. The Kier molecular flexibility index (Phi) is 3.17. The van der Waals surface area contributed by atoms with Crippen LogP contribution in [0.25, 0.3) is 10.9 Å². The van der Waals surface area contributed by atoms with E-state index < -0.39 is 11.8 Å². The molecule has 1 aromatic heterocycles. The number of carbonyl (C=O) groups is 2. The highest BCUT2D eigenvalue weighted by atomic mass is 16.3. The van der Waals surface area contributed by atoms with Crippen LogP contribution in [0.15, 0.2) is 28.4 Å². The highest BCUT2D eigenvalue weighted by Crippen LogP contribution is 2.36. The van der Waals surface area contributed by atoms with Gasteiger partial charge in [0.2, 0.25) is 5.88 Å². The van der Waals surface area contributed by atoms with Gasteiger partial charge in [0, 0.05) is 11.4 Å².